The van der Waals surface area contributed by atoms with Gasteiger partial charge in [-0.2, -0.15) is 4.98 Å². The summed E-state index contributed by atoms with van der Waals surface area (Å²) in [6, 6.07) is 7.75. The Hall–Kier alpha value is -3.13. The maximum absolute atomic E-state index is 12.1. The maximum Gasteiger partial charge on any atom is 0.238 e. The summed E-state index contributed by atoms with van der Waals surface area (Å²) in [5.41, 5.74) is 2.51. The van der Waals surface area contributed by atoms with E-state index in [9.17, 15) is 4.79 Å². The van der Waals surface area contributed by atoms with Gasteiger partial charge in [-0.3, -0.25) is 14.7 Å². The van der Waals surface area contributed by atoms with E-state index < -0.39 is 0 Å². The number of nitrogens with one attached hydrogen (secondary N) is 1. The molecule has 1 aliphatic rings. The van der Waals surface area contributed by atoms with Crippen LogP contribution < -0.4 is 5.32 Å². The minimum Gasteiger partial charge on any atom is -0.339 e. The summed E-state index contributed by atoms with van der Waals surface area (Å²) < 4.78 is 5.33. The number of carbonyl (C=O) groups is 1. The lowest BCUT2D eigenvalue weighted by Crippen LogP contribution is -2.48. The van der Waals surface area contributed by atoms with Gasteiger partial charge in [0.25, 0.3) is 0 Å². The molecule has 1 aliphatic heterocycles. The predicted octanol–water partition coefficient (Wildman–Crippen LogP) is 1.87. The van der Waals surface area contributed by atoms with Gasteiger partial charge in [0.2, 0.25) is 17.6 Å². The van der Waals surface area contributed by atoms with Crippen LogP contribution in [0.4, 0.5) is 5.69 Å². The lowest BCUT2D eigenvalue weighted by atomic mass is 10.0. The average molecular weight is 350 g/mol. The largest absolute Gasteiger partial charge is 0.339 e. The van der Waals surface area contributed by atoms with Crippen LogP contribution in [0.1, 0.15) is 17.4 Å². The van der Waals surface area contributed by atoms with Crippen LogP contribution >= 0.6 is 0 Å². The zero-order valence-electron chi connectivity index (χ0n) is 14.3. The number of aryl methyl sites for hydroxylation is 1. The predicted molar refractivity (Wildman–Crippen MR) is 94.3 cm³/mol. The van der Waals surface area contributed by atoms with Crippen molar-refractivity contribution in [1.29, 1.82) is 0 Å². The van der Waals surface area contributed by atoms with Gasteiger partial charge in [-0.25, -0.2) is 4.98 Å². The molecule has 1 N–H and O–H groups in total. The molecule has 1 saturated heterocycles. The van der Waals surface area contributed by atoms with Crippen LogP contribution in [0.3, 0.4) is 0 Å². The number of amides is 1. The Morgan fingerprint density at radius 1 is 1.35 bits per heavy atom. The van der Waals surface area contributed by atoms with Gasteiger partial charge in [0.1, 0.15) is 5.69 Å². The van der Waals surface area contributed by atoms with Crippen LogP contribution in [0.2, 0.25) is 0 Å². The molecule has 0 saturated carbocycles. The second kappa shape index (κ2) is 7.01. The monoisotopic (exact) mass is 350 g/mol. The fraction of sp³-hybridized carbons (Fsp3) is 0.278. The summed E-state index contributed by atoms with van der Waals surface area (Å²) in [6.07, 6.45) is 4.77. The van der Waals surface area contributed by atoms with Gasteiger partial charge < -0.3 is 9.84 Å². The number of hydrogen-bond acceptors (Lipinski definition) is 7. The van der Waals surface area contributed by atoms with Gasteiger partial charge in [0.05, 0.1) is 18.7 Å². The Morgan fingerprint density at radius 3 is 3.00 bits per heavy atom. The summed E-state index contributed by atoms with van der Waals surface area (Å²) in [7, 11) is 0. The molecule has 4 rings (SSSR count). The van der Waals surface area contributed by atoms with Gasteiger partial charge >= 0.3 is 0 Å². The van der Waals surface area contributed by atoms with Crippen molar-refractivity contribution in [3.8, 4) is 11.5 Å². The molecule has 0 radical (unpaired) electrons. The standard InChI is InChI=1S/C18H18N6O2/c1-12-3-2-4-14(7-12)21-16(25)11-24-9-13(10-24)18-22-17(23-26-18)15-8-19-5-6-20-15/h2-8,13H,9-11H2,1H3,(H,21,25). The molecule has 0 bridgehead atoms. The van der Waals surface area contributed by atoms with Gasteiger partial charge in [0, 0.05) is 31.2 Å². The maximum atomic E-state index is 12.1. The molecule has 0 spiro atoms. The van der Waals surface area contributed by atoms with E-state index in [0.717, 1.165) is 11.3 Å². The van der Waals surface area contributed by atoms with Crippen molar-refractivity contribution in [2.45, 2.75) is 12.8 Å². The molecule has 132 valence electrons. The molecule has 3 aromatic rings. The molecule has 1 aromatic carbocycles. The van der Waals surface area contributed by atoms with Crippen LogP contribution in [0.25, 0.3) is 11.5 Å². The quantitative estimate of drug-likeness (QED) is 0.750. The SMILES string of the molecule is Cc1cccc(NC(=O)CN2CC(c3nc(-c4cnccn4)no3)C2)c1. The summed E-state index contributed by atoms with van der Waals surface area (Å²) in [4.78, 5) is 26.7. The van der Waals surface area contributed by atoms with E-state index in [1.54, 1.807) is 18.6 Å². The van der Waals surface area contributed by atoms with Crippen molar-refractivity contribution >= 4 is 11.6 Å². The molecule has 0 unspecified atom stereocenters. The summed E-state index contributed by atoms with van der Waals surface area (Å²) in [5.74, 6) is 1.12. The van der Waals surface area contributed by atoms with Crippen molar-refractivity contribution in [2.75, 3.05) is 25.0 Å². The van der Waals surface area contributed by atoms with E-state index in [0.29, 0.717) is 37.0 Å². The van der Waals surface area contributed by atoms with Crippen LogP contribution in [0.15, 0.2) is 47.4 Å². The molecular weight excluding hydrogens is 332 g/mol. The second-order valence-electron chi connectivity index (χ2n) is 6.36. The number of nitrogens with zero attached hydrogens (tertiary/aromatic N) is 5. The molecule has 0 aliphatic carbocycles. The highest BCUT2D eigenvalue weighted by molar-refractivity contribution is 5.92. The first-order valence-corrected chi connectivity index (χ1v) is 8.36. The molecule has 1 fully saturated rings. The van der Waals surface area contributed by atoms with Gasteiger partial charge in [-0.15, -0.1) is 0 Å². The number of aromatic nitrogens is 4. The van der Waals surface area contributed by atoms with E-state index in [4.69, 9.17) is 4.52 Å². The highest BCUT2D eigenvalue weighted by Gasteiger charge is 2.33. The number of likely N-dealkylation sites (tertiary alicyclic amines) is 1. The highest BCUT2D eigenvalue weighted by atomic mass is 16.5. The van der Waals surface area contributed by atoms with E-state index >= 15 is 0 Å². The first-order valence-electron chi connectivity index (χ1n) is 8.36. The number of benzene rings is 1. The molecule has 8 nitrogen and oxygen atoms in total. The summed E-state index contributed by atoms with van der Waals surface area (Å²) in [6.45, 7) is 3.76. The van der Waals surface area contributed by atoms with Crippen molar-refractivity contribution in [2.24, 2.45) is 0 Å². The molecular formula is C18H18N6O2. The molecule has 8 heteroatoms. The fourth-order valence-electron chi connectivity index (χ4n) is 2.90. The summed E-state index contributed by atoms with van der Waals surface area (Å²) >= 11 is 0. The third kappa shape index (κ3) is 3.60. The average Bonchev–Trinajstić information content (AvgIpc) is 3.08. The molecule has 3 heterocycles. The third-order valence-corrected chi connectivity index (χ3v) is 4.21. The minimum absolute atomic E-state index is 0.0279. The number of carbonyl (C=O) groups excluding carboxylic acids is 1. The van der Waals surface area contributed by atoms with E-state index in [-0.39, 0.29) is 11.8 Å². The Bertz CT molecular complexity index is 905. The van der Waals surface area contributed by atoms with Crippen molar-refractivity contribution in [1.82, 2.24) is 25.0 Å². The molecule has 2 aromatic heterocycles. The van der Waals surface area contributed by atoms with E-state index in [1.165, 1.54) is 0 Å². The lowest BCUT2D eigenvalue weighted by molar-refractivity contribution is -0.118. The van der Waals surface area contributed by atoms with Crippen LogP contribution in [-0.2, 0) is 4.79 Å². The van der Waals surface area contributed by atoms with E-state index in [2.05, 4.69) is 25.4 Å². The normalized spacial score (nSPS) is 14.8. The topological polar surface area (TPSA) is 97.0 Å². The smallest absolute Gasteiger partial charge is 0.238 e. The molecule has 0 atom stereocenters. The Kier molecular flexibility index (Phi) is 4.40. The zero-order valence-corrected chi connectivity index (χ0v) is 14.3. The van der Waals surface area contributed by atoms with Crippen molar-refractivity contribution in [3.63, 3.8) is 0 Å². The lowest BCUT2D eigenvalue weighted by Gasteiger charge is -2.36. The number of rotatable bonds is 5. The van der Waals surface area contributed by atoms with Crippen LogP contribution in [-0.4, -0.2) is 50.5 Å². The van der Waals surface area contributed by atoms with Crippen molar-refractivity contribution in [3.05, 3.63) is 54.3 Å². The third-order valence-electron chi connectivity index (χ3n) is 4.21. The Balaban J connectivity index is 1.29. The van der Waals surface area contributed by atoms with Gasteiger partial charge in [-0.05, 0) is 24.6 Å². The van der Waals surface area contributed by atoms with Gasteiger partial charge in [-0.1, -0.05) is 17.3 Å². The van der Waals surface area contributed by atoms with Crippen molar-refractivity contribution < 1.29 is 9.32 Å². The number of anilines is 1. The second-order valence-corrected chi connectivity index (χ2v) is 6.36. The molecule has 26 heavy (non-hydrogen) atoms. The number of hydrogen-bond donors (Lipinski definition) is 1. The first kappa shape index (κ1) is 16.3. The van der Waals surface area contributed by atoms with Crippen LogP contribution in [0, 0.1) is 6.92 Å². The first-order chi connectivity index (χ1) is 12.7. The van der Waals surface area contributed by atoms with Gasteiger partial charge in [0.15, 0.2) is 0 Å². The summed E-state index contributed by atoms with van der Waals surface area (Å²) in [5, 5.41) is 6.87. The van der Waals surface area contributed by atoms with E-state index in [1.807, 2.05) is 36.1 Å². The highest BCUT2D eigenvalue weighted by Crippen LogP contribution is 2.26. The Labute approximate surface area is 150 Å². The Morgan fingerprint density at radius 2 is 2.23 bits per heavy atom. The fourth-order valence-corrected chi connectivity index (χ4v) is 2.90. The zero-order chi connectivity index (χ0) is 17.9. The molecule has 1 amide bonds. The minimum atomic E-state index is -0.0279. The van der Waals surface area contributed by atoms with Crippen LogP contribution in [0.5, 0.6) is 0 Å².